The zero-order valence-corrected chi connectivity index (χ0v) is 76.6. The second-order valence-corrected chi connectivity index (χ2v) is 36.8. The third-order valence-corrected chi connectivity index (χ3v) is 18.9. The SMILES string of the molecule is CN=Cc1ccccc1O.C[Si](C)(C)N=Cc1ccccc1O.C[Si](C)(C)c1cccc(C=Nc2ccccc2)c1O.Cc1ccc(C=Nc2ccccc2)c(O)c1.Cc1ccccc1N=Cc1ccccc1O.Oc1c(C=Nc2ccccc2)cccc1Oc1ccccc1.Oc1c(Cl)cccc1C=Nc1ccccc1.[Co].[Co].[Co].[Co].[Co].[Co].[Co]. The Kier molecular flexibility index (Phi) is 54.1. The minimum atomic E-state index is -1.53. The van der Waals surface area contributed by atoms with Crippen LogP contribution >= 0.6 is 11.6 Å². The molecule has 0 aliphatic heterocycles. The van der Waals surface area contributed by atoms with E-state index in [0.29, 0.717) is 39.1 Å². The number of phenols is 7. The minimum Gasteiger partial charge on any atom is -0.507 e. The Bertz CT molecular complexity index is 5240. The van der Waals surface area contributed by atoms with Crippen LogP contribution < -0.4 is 9.92 Å². The third-order valence-electron chi connectivity index (χ3n) is 15.6. The van der Waals surface area contributed by atoms with Gasteiger partial charge in [-0.15, -0.1) is 0 Å². The van der Waals surface area contributed by atoms with Crippen molar-refractivity contribution < 1.29 is 158 Å². The van der Waals surface area contributed by atoms with Crippen LogP contribution in [-0.2, 0) is 117 Å². The van der Waals surface area contributed by atoms with Crippen molar-refractivity contribution in [3.63, 3.8) is 0 Å². The van der Waals surface area contributed by atoms with Crippen LogP contribution in [0.2, 0.25) is 44.3 Å². The molecule has 0 aromatic heterocycles. The van der Waals surface area contributed by atoms with Crippen LogP contribution in [0.1, 0.15) is 50.1 Å². The number of nitrogens with zero attached hydrogens (tertiary/aromatic N) is 7. The van der Waals surface area contributed by atoms with Gasteiger partial charge in [0.25, 0.3) is 0 Å². The molecule has 0 aliphatic rings. The van der Waals surface area contributed by atoms with E-state index in [-0.39, 0.29) is 146 Å². The maximum absolute atomic E-state index is 10.3. The van der Waals surface area contributed by atoms with Gasteiger partial charge in [-0.1, -0.05) is 207 Å². The number of hydrogen-bond donors (Lipinski definition) is 7. The molecule has 0 atom stereocenters. The van der Waals surface area contributed by atoms with E-state index in [1.807, 2.05) is 263 Å². The van der Waals surface area contributed by atoms with Gasteiger partial charge in [0, 0.05) is 207 Å². The largest absolute Gasteiger partial charge is 0.507 e. The van der Waals surface area contributed by atoms with Gasteiger partial charge in [-0.2, -0.15) is 0 Å². The fourth-order valence-electron chi connectivity index (χ4n) is 9.68. The second-order valence-electron chi connectivity index (χ2n) is 26.8. The summed E-state index contributed by atoms with van der Waals surface area (Å²) < 4.78 is 10.1. The van der Waals surface area contributed by atoms with E-state index >= 15 is 0 Å². The summed E-state index contributed by atoms with van der Waals surface area (Å²) in [6, 6.07) is 99.1. The predicted octanol–water partition coefficient (Wildman–Crippen LogP) is 23.4. The molecule has 7 N–H and O–H groups in total. The minimum absolute atomic E-state index is 0. The van der Waals surface area contributed by atoms with Crippen molar-refractivity contribution in [2.45, 2.75) is 53.1 Å². The summed E-state index contributed by atoms with van der Waals surface area (Å²) in [5.41, 5.74) is 11.5. The van der Waals surface area contributed by atoms with Gasteiger partial charge in [-0.25, -0.2) is 0 Å². The molecule has 7 radical (unpaired) electrons. The van der Waals surface area contributed by atoms with Gasteiger partial charge in [-0.3, -0.25) is 30.0 Å². The zero-order chi connectivity index (χ0) is 80.5. The number of phenolic OH excluding ortho intramolecular Hbond substituents is 7. The molecule has 0 aliphatic carbocycles. The van der Waals surface area contributed by atoms with Crippen molar-refractivity contribution >= 4 is 105 Å². The number of hydrogen-bond acceptors (Lipinski definition) is 15. The molecule has 0 saturated carbocycles. The molecule has 631 valence electrons. The van der Waals surface area contributed by atoms with E-state index in [9.17, 15) is 30.6 Å². The first kappa shape index (κ1) is 109. The summed E-state index contributed by atoms with van der Waals surface area (Å²) in [7, 11) is -1.26. The average Bonchev–Trinajstić information content (AvgIpc) is 0.828. The predicted molar refractivity (Wildman–Crippen MR) is 474 cm³/mol. The standard InChI is InChI=1S/C19H15NO2.C16H19NOSi.2C14H13NO.C13H10ClNO.C10H15NOSi.C8H9NO.7Co/c21-19-15(14-20-16-9-3-1-4-10-16)8-7-13-18(19)22-17-11-5-2-6-12-17;1-19(2,3)15-11-7-8-13(16(15)18)12-17-14-9-5-4-6-10-14;1-11-6-2-4-8-13(11)15-10-12-7-3-5-9-14(12)16;1-11-7-8-12(14(16)9-11)10-15-13-5-3-2-4-6-13;14-12-8-4-5-10(13(12)16)9-15-11-6-2-1-3-7-11;1-13(2,3)11-8-9-6-4-5-7-10(9)12;1-9-6-7-4-2-3-5-8(7)10;;;;;;;/h1-14,21H;4-12,18H,1-3H3;2*2-10,16H,1H3;1-9,16H;4-8,12H,1-3H3;2-6,10H,1H3;;;;;;;. The molecule has 13 aromatic carbocycles. The quantitative estimate of drug-likeness (QED) is 0.0362. The van der Waals surface area contributed by atoms with Crippen LogP contribution in [0.25, 0.3) is 0 Å². The number of ether oxygens (including phenoxy) is 1. The van der Waals surface area contributed by atoms with E-state index in [1.165, 1.54) is 0 Å². The molecule has 0 amide bonds. The van der Waals surface area contributed by atoms with Crippen molar-refractivity contribution in [2.75, 3.05) is 7.05 Å². The van der Waals surface area contributed by atoms with Crippen LogP contribution in [0.5, 0.6) is 51.7 Å². The van der Waals surface area contributed by atoms with E-state index < -0.39 is 16.3 Å². The summed E-state index contributed by atoms with van der Waals surface area (Å²) in [6.45, 7) is 17.1. The number of aromatic hydroxyl groups is 7. The third kappa shape index (κ3) is 40.7. The molecule has 0 spiro atoms. The van der Waals surface area contributed by atoms with Crippen molar-refractivity contribution in [1.82, 2.24) is 0 Å². The molecule has 0 saturated heterocycles. The molecular weight excluding hydrogens is 1860 g/mol. The molecule has 0 unspecified atom stereocenters. The van der Waals surface area contributed by atoms with E-state index in [2.05, 4.69) is 73.9 Å². The van der Waals surface area contributed by atoms with Gasteiger partial charge in [-0.05, 0) is 195 Å². The van der Waals surface area contributed by atoms with Crippen LogP contribution in [0.15, 0.2) is 356 Å². The summed E-state index contributed by atoms with van der Waals surface area (Å²) >= 11 is 5.78. The van der Waals surface area contributed by atoms with Crippen molar-refractivity contribution in [3.05, 3.63) is 377 Å². The Morgan fingerprint density at radius 1 is 0.303 bits per heavy atom. The van der Waals surface area contributed by atoms with Gasteiger partial charge in [0.2, 0.25) is 0 Å². The van der Waals surface area contributed by atoms with Crippen LogP contribution in [0.4, 0.5) is 28.4 Å². The molecule has 25 heteroatoms. The van der Waals surface area contributed by atoms with E-state index in [0.717, 1.165) is 72.6 Å². The Labute approximate surface area is 778 Å². The van der Waals surface area contributed by atoms with E-state index in [1.54, 1.807) is 123 Å². The van der Waals surface area contributed by atoms with Crippen molar-refractivity contribution in [3.8, 4) is 51.7 Å². The molecule has 15 nitrogen and oxygen atoms in total. The van der Waals surface area contributed by atoms with Gasteiger partial charge < -0.3 is 45.1 Å². The van der Waals surface area contributed by atoms with Gasteiger partial charge in [0.05, 0.1) is 41.5 Å². The molecule has 0 heterocycles. The van der Waals surface area contributed by atoms with Crippen molar-refractivity contribution in [1.29, 1.82) is 0 Å². The van der Waals surface area contributed by atoms with Crippen LogP contribution in [0.3, 0.4) is 0 Å². The number of aryl methyl sites for hydroxylation is 2. The molecular formula is C94H94ClCo7N7O8Si2. The topological polar surface area (TPSA) is 237 Å². The first-order valence-electron chi connectivity index (χ1n) is 35.9. The molecule has 119 heavy (non-hydrogen) atoms. The summed E-state index contributed by atoms with van der Waals surface area (Å²) in [5.74, 6) is 2.67. The van der Waals surface area contributed by atoms with Gasteiger partial charge in [0.15, 0.2) is 19.7 Å². The maximum Gasteiger partial charge on any atom is 0.172 e. The number of rotatable bonds is 16. The van der Waals surface area contributed by atoms with Gasteiger partial charge >= 0.3 is 0 Å². The number of para-hydroxylation sites is 12. The first-order chi connectivity index (χ1) is 53.9. The van der Waals surface area contributed by atoms with Crippen LogP contribution in [0, 0.1) is 13.8 Å². The number of halogens is 1. The molecule has 0 fully saturated rings. The fourth-order valence-corrected chi connectivity index (χ4v) is 11.8. The molecule has 13 rings (SSSR count). The summed E-state index contributed by atoms with van der Waals surface area (Å²) in [6.07, 6.45) is 11.7. The first-order valence-corrected chi connectivity index (χ1v) is 43.2. The Hall–Kier alpha value is -9.78. The van der Waals surface area contributed by atoms with E-state index in [4.69, 9.17) is 21.4 Å². The average molecular weight is 1950 g/mol. The Balaban J connectivity index is 0.00000137. The fraction of sp³-hybridized carbons (Fsp3) is 0.0957. The smallest absolute Gasteiger partial charge is 0.172 e. The number of benzene rings is 13. The second kappa shape index (κ2) is 59.0. The Morgan fingerprint density at radius 3 is 1.05 bits per heavy atom. The normalized spacial score (nSPS) is 10.5. The van der Waals surface area contributed by atoms with Crippen molar-refractivity contribution in [2.24, 2.45) is 34.6 Å². The maximum atomic E-state index is 10.3. The summed E-state index contributed by atoms with van der Waals surface area (Å²) in [4.78, 5) is 25.4. The number of aliphatic imine (C=N–C) groups is 6. The Morgan fingerprint density at radius 2 is 0.639 bits per heavy atom. The molecule has 13 aromatic rings. The monoisotopic (exact) mass is 1950 g/mol. The summed E-state index contributed by atoms with van der Waals surface area (Å²) in [5, 5.41) is 69.5. The van der Waals surface area contributed by atoms with Gasteiger partial charge in [0.1, 0.15) is 40.2 Å². The molecule has 0 bridgehead atoms. The van der Waals surface area contributed by atoms with Crippen LogP contribution in [-0.4, -0.2) is 103 Å². The zero-order valence-electron chi connectivity index (χ0n) is 66.5.